The highest BCUT2D eigenvalue weighted by atomic mass is 16.7. The number of likely N-dealkylation sites (N-methyl/N-ethyl adjacent to an activating group) is 1. The Bertz CT molecular complexity index is 502. The quantitative estimate of drug-likeness (QED) is 0.834. The van der Waals surface area contributed by atoms with Gasteiger partial charge >= 0.3 is 0 Å². The normalized spacial score (nSPS) is 19.0. The first-order chi connectivity index (χ1) is 9.58. The van der Waals surface area contributed by atoms with Gasteiger partial charge in [-0.25, -0.2) is 0 Å². The third-order valence-electron chi connectivity index (χ3n) is 4.28. The van der Waals surface area contributed by atoms with Gasteiger partial charge < -0.3 is 14.4 Å². The number of rotatable bonds is 3. The fraction of sp³-hybridized carbons (Fsp3) is 0.667. The fourth-order valence-corrected chi connectivity index (χ4v) is 2.45. The lowest BCUT2D eigenvalue weighted by molar-refractivity contribution is -0.180. The number of hydrogen-bond donors (Lipinski definition) is 0. The van der Waals surface area contributed by atoms with Crippen LogP contribution in [-0.4, -0.2) is 29.8 Å². The Balaban J connectivity index is 2.12. The first-order valence-electron chi connectivity index (χ1n) is 7.75. The average Bonchev–Trinajstić information content (AvgIpc) is 2.35. The van der Waals surface area contributed by atoms with Gasteiger partial charge in [0.25, 0.3) is 0 Å². The summed E-state index contributed by atoms with van der Waals surface area (Å²) in [6.07, 6.45) is 0. The molecular weight excluding hydrogens is 262 g/mol. The van der Waals surface area contributed by atoms with E-state index in [9.17, 15) is 0 Å². The Morgan fingerprint density at radius 3 is 2.57 bits per heavy atom. The van der Waals surface area contributed by atoms with Crippen LogP contribution in [0.3, 0.4) is 0 Å². The largest absolute Gasteiger partial charge is 0.463 e. The lowest BCUT2D eigenvalue weighted by atomic mass is 9.96. The molecule has 1 aromatic carbocycles. The summed E-state index contributed by atoms with van der Waals surface area (Å²) >= 11 is 0. The molecule has 1 aromatic rings. The summed E-state index contributed by atoms with van der Waals surface area (Å²) in [5.41, 5.74) is 2.69. The summed E-state index contributed by atoms with van der Waals surface area (Å²) in [6, 6.07) is 6.50. The van der Waals surface area contributed by atoms with Crippen molar-refractivity contribution >= 4 is 0 Å². The number of nitrogens with zero attached hydrogens (tertiary/aromatic N) is 1. The predicted molar refractivity (Wildman–Crippen MR) is 86.7 cm³/mol. The van der Waals surface area contributed by atoms with E-state index in [-0.39, 0.29) is 5.54 Å². The molecule has 0 saturated carbocycles. The summed E-state index contributed by atoms with van der Waals surface area (Å²) in [7, 11) is 2.18. The Hall–Kier alpha value is -1.06. The summed E-state index contributed by atoms with van der Waals surface area (Å²) in [4.78, 5) is 2.40. The van der Waals surface area contributed by atoms with Crippen LogP contribution in [0.4, 0.5) is 0 Å². The minimum atomic E-state index is -0.521. The Labute approximate surface area is 129 Å². The first-order valence-corrected chi connectivity index (χ1v) is 7.75. The molecule has 0 unspecified atom stereocenters. The van der Waals surface area contributed by atoms with E-state index < -0.39 is 5.79 Å². The number of ether oxygens (including phenoxy) is 2. The maximum Gasteiger partial charge on any atom is 0.205 e. The topological polar surface area (TPSA) is 21.7 Å². The third kappa shape index (κ3) is 3.98. The van der Waals surface area contributed by atoms with Crippen molar-refractivity contribution in [1.29, 1.82) is 0 Å². The second-order valence-corrected chi connectivity index (χ2v) is 7.61. The highest BCUT2D eigenvalue weighted by Crippen LogP contribution is 2.33. The van der Waals surface area contributed by atoms with E-state index >= 15 is 0 Å². The van der Waals surface area contributed by atoms with Gasteiger partial charge in [-0.3, -0.25) is 0 Å². The van der Waals surface area contributed by atoms with E-state index in [0.717, 1.165) is 17.9 Å². The summed E-state index contributed by atoms with van der Waals surface area (Å²) in [5.74, 6) is 0.910. The van der Waals surface area contributed by atoms with Crippen LogP contribution in [0.1, 0.15) is 58.6 Å². The zero-order valence-electron chi connectivity index (χ0n) is 14.5. The highest BCUT2D eigenvalue weighted by molar-refractivity contribution is 5.39. The van der Waals surface area contributed by atoms with Crippen LogP contribution >= 0.6 is 0 Å². The maximum atomic E-state index is 5.86. The summed E-state index contributed by atoms with van der Waals surface area (Å²) in [6.45, 7) is 14.6. The van der Waals surface area contributed by atoms with Gasteiger partial charge in [0, 0.05) is 31.5 Å². The standard InChI is InChI=1S/C18H29NO2/c1-13(11-19(7)17(2,3)4)14-8-9-16-15(10-14)12-20-18(5,6)21-16/h8-10,13H,11-12H2,1-7H3/t13-/m1/s1. The molecule has 0 radical (unpaired) electrons. The maximum absolute atomic E-state index is 5.86. The van der Waals surface area contributed by atoms with Crippen LogP contribution in [0.25, 0.3) is 0 Å². The lowest BCUT2D eigenvalue weighted by Crippen LogP contribution is -2.40. The van der Waals surface area contributed by atoms with Crippen molar-refractivity contribution in [2.24, 2.45) is 0 Å². The van der Waals surface area contributed by atoms with E-state index in [2.05, 4.69) is 57.8 Å². The Kier molecular flexibility index (Phi) is 4.36. The molecule has 3 heteroatoms. The zero-order valence-corrected chi connectivity index (χ0v) is 14.5. The average molecular weight is 291 g/mol. The molecule has 0 fully saturated rings. The molecule has 0 aliphatic carbocycles. The summed E-state index contributed by atoms with van der Waals surface area (Å²) in [5, 5.41) is 0. The second-order valence-electron chi connectivity index (χ2n) is 7.61. The molecule has 0 bridgehead atoms. The minimum Gasteiger partial charge on any atom is -0.463 e. The van der Waals surface area contributed by atoms with E-state index in [1.165, 1.54) is 5.56 Å². The molecule has 0 saturated heterocycles. The molecule has 1 aliphatic heterocycles. The molecule has 1 heterocycles. The van der Waals surface area contributed by atoms with Crippen LogP contribution in [0, 0.1) is 0 Å². The number of hydrogen-bond acceptors (Lipinski definition) is 3. The van der Waals surface area contributed by atoms with E-state index in [0.29, 0.717) is 12.5 Å². The van der Waals surface area contributed by atoms with Crippen molar-refractivity contribution in [1.82, 2.24) is 4.90 Å². The molecule has 2 rings (SSSR count). The molecule has 0 aromatic heterocycles. The van der Waals surface area contributed by atoms with Gasteiger partial charge in [-0.15, -0.1) is 0 Å². The first kappa shape index (κ1) is 16.3. The highest BCUT2D eigenvalue weighted by Gasteiger charge is 2.28. The molecule has 21 heavy (non-hydrogen) atoms. The number of fused-ring (bicyclic) bond motifs is 1. The minimum absolute atomic E-state index is 0.193. The summed E-state index contributed by atoms with van der Waals surface area (Å²) < 4.78 is 11.6. The van der Waals surface area contributed by atoms with Crippen LogP contribution in [-0.2, 0) is 11.3 Å². The smallest absolute Gasteiger partial charge is 0.205 e. The van der Waals surface area contributed by atoms with E-state index in [4.69, 9.17) is 9.47 Å². The van der Waals surface area contributed by atoms with Crippen LogP contribution in [0.15, 0.2) is 18.2 Å². The Morgan fingerprint density at radius 1 is 1.29 bits per heavy atom. The van der Waals surface area contributed by atoms with Crippen molar-refractivity contribution in [2.45, 2.75) is 65.4 Å². The van der Waals surface area contributed by atoms with Gasteiger partial charge in [-0.1, -0.05) is 13.0 Å². The van der Waals surface area contributed by atoms with Gasteiger partial charge in [0.05, 0.1) is 6.61 Å². The fourth-order valence-electron chi connectivity index (χ4n) is 2.45. The zero-order chi connectivity index (χ0) is 15.8. The lowest BCUT2D eigenvalue weighted by Gasteiger charge is -2.35. The van der Waals surface area contributed by atoms with Crippen LogP contribution in [0.5, 0.6) is 5.75 Å². The number of benzene rings is 1. The van der Waals surface area contributed by atoms with Crippen molar-refractivity contribution in [3.63, 3.8) is 0 Å². The van der Waals surface area contributed by atoms with Gasteiger partial charge in [-0.2, -0.15) is 0 Å². The third-order valence-corrected chi connectivity index (χ3v) is 4.28. The molecule has 118 valence electrons. The van der Waals surface area contributed by atoms with Gasteiger partial charge in [-0.05, 0) is 51.4 Å². The van der Waals surface area contributed by atoms with Gasteiger partial charge in [0.1, 0.15) is 5.75 Å². The van der Waals surface area contributed by atoms with Crippen molar-refractivity contribution in [2.75, 3.05) is 13.6 Å². The molecule has 1 aliphatic rings. The van der Waals surface area contributed by atoms with Gasteiger partial charge in [0.15, 0.2) is 0 Å². The van der Waals surface area contributed by atoms with Crippen LogP contribution < -0.4 is 4.74 Å². The second kappa shape index (κ2) is 5.62. The molecule has 0 N–H and O–H groups in total. The van der Waals surface area contributed by atoms with Crippen molar-refractivity contribution in [3.8, 4) is 5.75 Å². The van der Waals surface area contributed by atoms with E-state index in [1.807, 2.05) is 13.8 Å². The Morgan fingerprint density at radius 2 is 1.95 bits per heavy atom. The SMILES string of the molecule is C[C@H](CN(C)C(C)(C)C)c1ccc2c(c1)COC(C)(C)O2. The molecule has 0 spiro atoms. The molecule has 3 nitrogen and oxygen atoms in total. The van der Waals surface area contributed by atoms with E-state index in [1.54, 1.807) is 0 Å². The van der Waals surface area contributed by atoms with Crippen molar-refractivity contribution < 1.29 is 9.47 Å². The predicted octanol–water partition coefficient (Wildman–Crippen LogP) is 4.17. The van der Waals surface area contributed by atoms with Crippen LogP contribution in [0.2, 0.25) is 0 Å². The molecule has 1 atom stereocenters. The monoisotopic (exact) mass is 291 g/mol. The molecular formula is C18H29NO2. The molecule has 0 amide bonds. The van der Waals surface area contributed by atoms with Crippen molar-refractivity contribution in [3.05, 3.63) is 29.3 Å². The van der Waals surface area contributed by atoms with Gasteiger partial charge in [0.2, 0.25) is 5.79 Å².